The van der Waals surface area contributed by atoms with E-state index in [1.165, 1.54) is 0 Å². The van der Waals surface area contributed by atoms with Crippen molar-refractivity contribution in [2.45, 2.75) is 5.54 Å². The second-order valence-electron chi connectivity index (χ2n) is 9.23. The van der Waals surface area contributed by atoms with Gasteiger partial charge in [-0.15, -0.1) is 0 Å². The first-order valence-corrected chi connectivity index (χ1v) is 14.1. The number of hydrogen-bond acceptors (Lipinski definition) is 1. The molecule has 2 nitrogen and oxygen atoms in total. The maximum absolute atomic E-state index is 6.58. The van der Waals surface area contributed by atoms with E-state index in [1.807, 2.05) is 54.6 Å². The van der Waals surface area contributed by atoms with E-state index >= 15 is 0 Å². The molecule has 0 aliphatic heterocycles. The fourth-order valence-corrected chi connectivity index (χ4v) is 6.22. The van der Waals surface area contributed by atoms with Crippen LogP contribution in [0.5, 0.6) is 0 Å². The summed E-state index contributed by atoms with van der Waals surface area (Å²) in [6.45, 7) is 0. The molecule has 0 amide bonds. The number of halogens is 3. The second kappa shape index (κ2) is 10.9. The number of nitrogens with zero attached hydrogens (tertiary/aromatic N) is 2. The van der Waals surface area contributed by atoms with Crippen LogP contribution in [0, 0.1) is 0 Å². The molecule has 0 aliphatic carbocycles. The quantitative estimate of drug-likeness (QED) is 0.172. The van der Waals surface area contributed by atoms with Gasteiger partial charge < -0.3 is 0 Å². The minimum absolute atomic E-state index is 0.486. The van der Waals surface area contributed by atoms with E-state index in [4.69, 9.17) is 28.3 Å². The van der Waals surface area contributed by atoms with Gasteiger partial charge in [0.2, 0.25) is 0 Å². The molecule has 0 aliphatic rings. The van der Waals surface area contributed by atoms with Crippen LogP contribution in [0.2, 0.25) is 10.0 Å². The van der Waals surface area contributed by atoms with E-state index in [0.717, 1.165) is 43.7 Å². The summed E-state index contributed by atoms with van der Waals surface area (Å²) in [4.78, 5) is 0. The zero-order chi connectivity index (χ0) is 26.8. The summed E-state index contributed by atoms with van der Waals surface area (Å²) in [5, 5.41) is 6.40. The molecule has 1 aromatic heterocycles. The Morgan fingerprint density at radius 3 is 1.46 bits per heavy atom. The largest absolute Gasteiger partial charge is 0.243 e. The van der Waals surface area contributed by atoms with Gasteiger partial charge in [0.25, 0.3) is 0 Å². The number of benzene rings is 5. The molecule has 6 aromatic rings. The van der Waals surface area contributed by atoms with E-state index in [2.05, 4.69) is 106 Å². The third kappa shape index (κ3) is 4.51. The second-order valence-corrected chi connectivity index (χ2v) is 10.8. The van der Waals surface area contributed by atoms with Gasteiger partial charge in [-0.3, -0.25) is 0 Å². The van der Waals surface area contributed by atoms with Crippen LogP contribution in [0.4, 0.5) is 0 Å². The van der Waals surface area contributed by atoms with Gasteiger partial charge in [0.05, 0.1) is 20.2 Å². The van der Waals surface area contributed by atoms with E-state index in [1.54, 1.807) is 0 Å². The highest BCUT2D eigenvalue weighted by Gasteiger charge is 2.42. The molecule has 39 heavy (non-hydrogen) atoms. The maximum Gasteiger partial charge on any atom is 0.138 e. The van der Waals surface area contributed by atoms with Crippen molar-refractivity contribution in [2.24, 2.45) is 0 Å². The maximum atomic E-state index is 6.58. The molecular weight excluding hydrogens is 587 g/mol. The highest BCUT2D eigenvalue weighted by molar-refractivity contribution is 9.10. The molecule has 0 radical (unpaired) electrons. The van der Waals surface area contributed by atoms with Crippen molar-refractivity contribution >= 4 is 39.1 Å². The smallest absolute Gasteiger partial charge is 0.138 e. The molecule has 5 heteroatoms. The molecule has 0 saturated heterocycles. The molecule has 6 rings (SSSR count). The first-order chi connectivity index (χ1) is 19.1. The van der Waals surface area contributed by atoms with Crippen LogP contribution >= 0.6 is 39.1 Å². The summed E-state index contributed by atoms with van der Waals surface area (Å²) in [5.74, 6) is 0. The molecule has 0 fully saturated rings. The first-order valence-electron chi connectivity index (χ1n) is 12.6. The molecule has 0 saturated carbocycles. The summed E-state index contributed by atoms with van der Waals surface area (Å²) < 4.78 is 3.01. The normalized spacial score (nSPS) is 11.5. The Morgan fingerprint density at radius 2 is 1.00 bits per heavy atom. The van der Waals surface area contributed by atoms with Crippen LogP contribution in [0.3, 0.4) is 0 Å². The van der Waals surface area contributed by atoms with Crippen LogP contribution in [-0.2, 0) is 5.54 Å². The Kier molecular flexibility index (Phi) is 7.14. The Hall–Kier alpha value is -3.63. The van der Waals surface area contributed by atoms with Gasteiger partial charge in [0.1, 0.15) is 11.2 Å². The first kappa shape index (κ1) is 25.6. The molecule has 5 aromatic carbocycles. The third-order valence-corrected chi connectivity index (χ3v) is 8.45. The average molecular weight is 610 g/mol. The predicted molar refractivity (Wildman–Crippen MR) is 165 cm³/mol. The lowest BCUT2D eigenvalue weighted by atomic mass is 9.76. The fourth-order valence-electron chi connectivity index (χ4n) is 5.22. The van der Waals surface area contributed by atoms with Crippen molar-refractivity contribution in [3.05, 3.63) is 171 Å². The molecule has 0 bridgehead atoms. The number of hydrogen-bond donors (Lipinski definition) is 0. The summed E-state index contributed by atoms with van der Waals surface area (Å²) >= 11 is 16.9. The number of rotatable bonds is 6. The molecule has 0 N–H and O–H groups in total. The van der Waals surface area contributed by atoms with E-state index in [9.17, 15) is 0 Å². The van der Waals surface area contributed by atoms with Crippen LogP contribution < -0.4 is 0 Å². The van der Waals surface area contributed by atoms with Crippen LogP contribution in [0.15, 0.2) is 144 Å². The van der Waals surface area contributed by atoms with Gasteiger partial charge >= 0.3 is 0 Å². The van der Waals surface area contributed by atoms with E-state index < -0.39 is 5.54 Å². The summed E-state index contributed by atoms with van der Waals surface area (Å²) in [5.41, 5.74) is 6.08. The van der Waals surface area contributed by atoms with Crippen molar-refractivity contribution < 1.29 is 0 Å². The topological polar surface area (TPSA) is 17.8 Å². The molecule has 1 heterocycles. The SMILES string of the molecule is Clc1ccc(-c2c(Br)c(-c3ccccc3)nn2C(c2ccccc2)(c2ccccc2)c2ccccc2)cc1Cl. The Bertz CT molecular complexity index is 1620. The monoisotopic (exact) mass is 608 g/mol. The van der Waals surface area contributed by atoms with Gasteiger partial charge in [-0.2, -0.15) is 5.10 Å². The molecule has 0 spiro atoms. The molecule has 190 valence electrons. The zero-order valence-corrected chi connectivity index (χ0v) is 23.9. The van der Waals surface area contributed by atoms with Crippen molar-refractivity contribution in [3.63, 3.8) is 0 Å². The van der Waals surface area contributed by atoms with Crippen LogP contribution in [0.1, 0.15) is 16.7 Å². The Morgan fingerprint density at radius 1 is 0.538 bits per heavy atom. The lowest BCUT2D eigenvalue weighted by Crippen LogP contribution is -2.39. The highest BCUT2D eigenvalue weighted by Crippen LogP contribution is 2.47. The summed E-state index contributed by atoms with van der Waals surface area (Å²) in [6.07, 6.45) is 0. The van der Waals surface area contributed by atoms with Crippen molar-refractivity contribution in [1.29, 1.82) is 0 Å². The Balaban J connectivity index is 1.80. The highest BCUT2D eigenvalue weighted by atomic mass is 79.9. The average Bonchev–Trinajstić information content (AvgIpc) is 3.34. The van der Waals surface area contributed by atoms with Crippen molar-refractivity contribution in [1.82, 2.24) is 9.78 Å². The van der Waals surface area contributed by atoms with E-state index in [-0.39, 0.29) is 0 Å². The zero-order valence-electron chi connectivity index (χ0n) is 20.8. The molecule has 0 unspecified atom stereocenters. The van der Waals surface area contributed by atoms with Crippen LogP contribution in [0.25, 0.3) is 22.5 Å². The summed E-state index contributed by atoms with van der Waals surface area (Å²) in [7, 11) is 0. The van der Waals surface area contributed by atoms with Gasteiger partial charge in [-0.05, 0) is 44.8 Å². The number of aromatic nitrogens is 2. The van der Waals surface area contributed by atoms with Gasteiger partial charge in [0, 0.05) is 11.1 Å². The van der Waals surface area contributed by atoms with Crippen LogP contribution in [-0.4, -0.2) is 9.78 Å². The summed E-state index contributed by atoms with van der Waals surface area (Å²) in [6, 6.07) is 47.5. The standard InChI is InChI=1S/C34H23BrCl2N2/c35-31-32(24-13-5-1-6-14-24)38-39(33(31)25-21-22-29(36)30(37)23-25)34(26-15-7-2-8-16-26,27-17-9-3-10-18-27)28-19-11-4-12-20-28/h1-23H. The van der Waals surface area contributed by atoms with Gasteiger partial charge in [-0.1, -0.05) is 151 Å². The van der Waals surface area contributed by atoms with Gasteiger partial charge in [-0.25, -0.2) is 4.68 Å². The predicted octanol–water partition coefficient (Wildman–Crippen LogP) is 10.1. The lowest BCUT2D eigenvalue weighted by molar-refractivity contribution is 0.466. The Labute approximate surface area is 246 Å². The molecule has 0 atom stereocenters. The third-order valence-electron chi connectivity index (χ3n) is 6.96. The lowest BCUT2D eigenvalue weighted by Gasteiger charge is -2.37. The minimum Gasteiger partial charge on any atom is -0.243 e. The van der Waals surface area contributed by atoms with Crippen molar-refractivity contribution in [3.8, 4) is 22.5 Å². The van der Waals surface area contributed by atoms with Crippen molar-refractivity contribution in [2.75, 3.05) is 0 Å². The van der Waals surface area contributed by atoms with E-state index in [0.29, 0.717) is 10.0 Å². The van der Waals surface area contributed by atoms with Gasteiger partial charge in [0.15, 0.2) is 0 Å². The molecular formula is C34H23BrCl2N2. The minimum atomic E-state index is -0.805. The fraction of sp³-hybridized carbons (Fsp3) is 0.0294.